The van der Waals surface area contributed by atoms with Crippen LogP contribution in [0.25, 0.3) is 0 Å². The third kappa shape index (κ3) is 8.15. The highest BCUT2D eigenvalue weighted by atomic mass is 35.5. The molecule has 35 heavy (non-hydrogen) atoms. The van der Waals surface area contributed by atoms with Crippen LogP contribution in [0.2, 0.25) is 5.02 Å². The van der Waals surface area contributed by atoms with Gasteiger partial charge in [-0.2, -0.15) is 0 Å². The van der Waals surface area contributed by atoms with Crippen LogP contribution >= 0.6 is 11.6 Å². The van der Waals surface area contributed by atoms with E-state index in [-0.39, 0.29) is 25.0 Å². The van der Waals surface area contributed by atoms with Gasteiger partial charge < -0.3 is 15.0 Å². The Morgan fingerprint density at radius 3 is 2.34 bits per heavy atom. The van der Waals surface area contributed by atoms with Crippen molar-refractivity contribution >= 4 is 23.4 Å². The molecule has 0 aliphatic rings. The second-order valence-electron chi connectivity index (χ2n) is 8.56. The van der Waals surface area contributed by atoms with Crippen molar-refractivity contribution in [2.45, 2.75) is 45.7 Å². The van der Waals surface area contributed by atoms with Gasteiger partial charge in [-0.15, -0.1) is 0 Å². The molecule has 1 N–H and O–H groups in total. The first-order valence-electron chi connectivity index (χ1n) is 12.0. The van der Waals surface area contributed by atoms with Gasteiger partial charge in [-0.3, -0.25) is 9.59 Å². The number of nitrogens with zero attached hydrogens (tertiary/aromatic N) is 1. The number of carbonyl (C=O) groups excluding carboxylic acids is 2. The molecule has 0 bridgehead atoms. The van der Waals surface area contributed by atoms with E-state index in [0.717, 1.165) is 29.5 Å². The minimum Gasteiger partial charge on any atom is -0.484 e. The van der Waals surface area contributed by atoms with Gasteiger partial charge in [0.25, 0.3) is 5.91 Å². The second-order valence-corrected chi connectivity index (χ2v) is 8.97. The molecular weight excluding hydrogens is 460 g/mol. The number of nitrogens with one attached hydrogen (secondary N) is 1. The van der Waals surface area contributed by atoms with E-state index in [1.54, 1.807) is 11.0 Å². The van der Waals surface area contributed by atoms with Crippen molar-refractivity contribution in [1.29, 1.82) is 0 Å². The summed E-state index contributed by atoms with van der Waals surface area (Å²) in [5.41, 5.74) is 2.85. The lowest BCUT2D eigenvalue weighted by atomic mass is 10.0. The Hall–Kier alpha value is -3.31. The zero-order valence-electron chi connectivity index (χ0n) is 20.4. The van der Waals surface area contributed by atoms with E-state index in [4.69, 9.17) is 16.3 Å². The second kappa shape index (κ2) is 13.5. The van der Waals surface area contributed by atoms with Gasteiger partial charge in [-0.1, -0.05) is 91.2 Å². The molecule has 0 radical (unpaired) electrons. The summed E-state index contributed by atoms with van der Waals surface area (Å²) in [5.74, 6) is 0.142. The van der Waals surface area contributed by atoms with Crippen molar-refractivity contribution in [2.75, 3.05) is 13.2 Å². The number of ether oxygens (including phenoxy) is 1. The SMILES string of the molecule is CCCCNC(=O)C(Cc1ccccc1)N(Cc1ccccc1Cl)C(=O)COc1ccc(C)cc1. The summed E-state index contributed by atoms with van der Waals surface area (Å²) in [6.45, 7) is 4.65. The number of halogens is 1. The summed E-state index contributed by atoms with van der Waals surface area (Å²) in [6.07, 6.45) is 2.23. The number of aryl methyl sites for hydroxylation is 1. The Kier molecular flexibility index (Phi) is 10.2. The molecule has 0 saturated heterocycles. The van der Waals surface area contributed by atoms with E-state index in [0.29, 0.717) is 23.7 Å². The predicted octanol–water partition coefficient (Wildman–Crippen LogP) is 5.58. The first kappa shape index (κ1) is 26.3. The Morgan fingerprint density at radius 1 is 0.971 bits per heavy atom. The number of amides is 2. The molecule has 1 atom stereocenters. The molecule has 0 aromatic heterocycles. The lowest BCUT2D eigenvalue weighted by Gasteiger charge is -2.31. The molecule has 0 fully saturated rings. The maximum Gasteiger partial charge on any atom is 0.261 e. The molecule has 0 aliphatic carbocycles. The lowest BCUT2D eigenvalue weighted by Crippen LogP contribution is -2.51. The fourth-order valence-corrected chi connectivity index (χ4v) is 3.93. The van der Waals surface area contributed by atoms with Crippen molar-refractivity contribution in [3.63, 3.8) is 0 Å². The van der Waals surface area contributed by atoms with E-state index < -0.39 is 6.04 Å². The molecule has 184 valence electrons. The normalized spacial score (nSPS) is 11.5. The summed E-state index contributed by atoms with van der Waals surface area (Å²) in [4.78, 5) is 28.5. The molecule has 0 heterocycles. The summed E-state index contributed by atoms with van der Waals surface area (Å²) >= 11 is 6.44. The van der Waals surface area contributed by atoms with E-state index in [1.807, 2.05) is 79.7 Å². The molecule has 6 heteroatoms. The van der Waals surface area contributed by atoms with Gasteiger partial charge in [0.2, 0.25) is 5.91 Å². The van der Waals surface area contributed by atoms with E-state index in [2.05, 4.69) is 12.2 Å². The summed E-state index contributed by atoms with van der Waals surface area (Å²) in [5, 5.41) is 3.56. The maximum atomic E-state index is 13.5. The van der Waals surface area contributed by atoms with Crippen LogP contribution in [0.5, 0.6) is 5.75 Å². The first-order chi connectivity index (χ1) is 17.0. The first-order valence-corrected chi connectivity index (χ1v) is 12.4. The largest absolute Gasteiger partial charge is 0.484 e. The van der Waals surface area contributed by atoms with E-state index in [1.165, 1.54) is 0 Å². The molecule has 0 spiro atoms. The molecular formula is C29H33ClN2O3. The minimum atomic E-state index is -0.709. The average Bonchev–Trinajstić information content (AvgIpc) is 2.87. The van der Waals surface area contributed by atoms with Crippen molar-refractivity contribution < 1.29 is 14.3 Å². The Bertz CT molecular complexity index is 1090. The standard InChI is InChI=1S/C29H33ClN2O3/c1-3-4-18-31-29(34)27(19-23-10-6-5-7-11-23)32(20-24-12-8-9-13-26(24)30)28(33)21-35-25-16-14-22(2)15-17-25/h5-17,27H,3-4,18-21H2,1-2H3,(H,31,34). The van der Waals surface area contributed by atoms with E-state index >= 15 is 0 Å². The summed E-state index contributed by atoms with van der Waals surface area (Å²) in [6, 6.07) is 23.9. The number of carbonyl (C=O) groups is 2. The van der Waals surface area contributed by atoms with Gasteiger partial charge in [-0.25, -0.2) is 0 Å². The molecule has 1 unspecified atom stereocenters. The van der Waals surface area contributed by atoms with Crippen molar-refractivity contribution in [3.05, 3.63) is 101 Å². The molecule has 3 rings (SSSR count). The van der Waals surface area contributed by atoms with Crippen molar-refractivity contribution in [3.8, 4) is 5.75 Å². The van der Waals surface area contributed by atoms with Crippen LogP contribution in [0, 0.1) is 6.92 Å². The minimum absolute atomic E-state index is 0.180. The fourth-order valence-electron chi connectivity index (χ4n) is 3.73. The molecule has 3 aromatic rings. The third-order valence-electron chi connectivity index (χ3n) is 5.78. The number of benzene rings is 3. The topological polar surface area (TPSA) is 58.6 Å². The highest BCUT2D eigenvalue weighted by Gasteiger charge is 2.31. The molecule has 0 saturated carbocycles. The molecule has 0 aliphatic heterocycles. The van der Waals surface area contributed by atoms with Gasteiger partial charge in [-0.05, 0) is 42.7 Å². The number of unbranched alkanes of at least 4 members (excludes halogenated alkanes) is 1. The van der Waals surface area contributed by atoms with Gasteiger partial charge >= 0.3 is 0 Å². The summed E-state index contributed by atoms with van der Waals surface area (Å²) in [7, 11) is 0. The van der Waals surface area contributed by atoms with Crippen LogP contribution in [0.1, 0.15) is 36.5 Å². The molecule has 5 nitrogen and oxygen atoms in total. The lowest BCUT2D eigenvalue weighted by molar-refractivity contribution is -0.142. The Morgan fingerprint density at radius 2 is 1.66 bits per heavy atom. The average molecular weight is 493 g/mol. The van der Waals surface area contributed by atoms with Gasteiger partial charge in [0.05, 0.1) is 0 Å². The zero-order valence-corrected chi connectivity index (χ0v) is 21.1. The Labute approximate surface area is 213 Å². The van der Waals surface area contributed by atoms with Crippen LogP contribution in [-0.2, 0) is 22.6 Å². The summed E-state index contributed by atoms with van der Waals surface area (Å²) < 4.78 is 5.79. The van der Waals surface area contributed by atoms with Crippen LogP contribution in [0.4, 0.5) is 0 Å². The van der Waals surface area contributed by atoms with E-state index in [9.17, 15) is 9.59 Å². The highest BCUT2D eigenvalue weighted by Crippen LogP contribution is 2.21. The van der Waals surface area contributed by atoms with Gasteiger partial charge in [0.1, 0.15) is 11.8 Å². The van der Waals surface area contributed by atoms with Crippen molar-refractivity contribution in [2.24, 2.45) is 0 Å². The number of rotatable bonds is 12. The fraction of sp³-hybridized carbons (Fsp3) is 0.310. The van der Waals surface area contributed by atoms with Gasteiger partial charge in [0, 0.05) is 24.5 Å². The van der Waals surface area contributed by atoms with Crippen LogP contribution in [-0.4, -0.2) is 35.9 Å². The van der Waals surface area contributed by atoms with Crippen LogP contribution in [0.15, 0.2) is 78.9 Å². The molecule has 2 amide bonds. The van der Waals surface area contributed by atoms with Crippen molar-refractivity contribution in [1.82, 2.24) is 10.2 Å². The van der Waals surface area contributed by atoms with Crippen LogP contribution < -0.4 is 10.1 Å². The maximum absolute atomic E-state index is 13.5. The zero-order chi connectivity index (χ0) is 25.0. The highest BCUT2D eigenvalue weighted by molar-refractivity contribution is 6.31. The predicted molar refractivity (Wildman–Crippen MR) is 141 cm³/mol. The number of hydrogen-bond donors (Lipinski definition) is 1. The number of hydrogen-bond acceptors (Lipinski definition) is 3. The van der Waals surface area contributed by atoms with Gasteiger partial charge in [0.15, 0.2) is 6.61 Å². The smallest absolute Gasteiger partial charge is 0.261 e. The van der Waals surface area contributed by atoms with Crippen LogP contribution in [0.3, 0.4) is 0 Å². The molecule has 3 aromatic carbocycles. The quantitative estimate of drug-likeness (QED) is 0.335. The monoisotopic (exact) mass is 492 g/mol. The third-order valence-corrected chi connectivity index (χ3v) is 6.15. The Balaban J connectivity index is 1.88.